The Labute approximate surface area is 145 Å². The summed E-state index contributed by atoms with van der Waals surface area (Å²) in [5.41, 5.74) is 2.72. The minimum Gasteiger partial charge on any atom is -0.372 e. The smallest absolute Gasteiger partial charge is 0.227 e. The SMILES string of the molecule is CCC(=O)Nc1ccc(NC(=O)C[C@H]2OCCc3ccsc32)cc1. The Balaban J connectivity index is 1.57. The second-order valence-corrected chi connectivity index (χ2v) is 6.60. The standard InChI is InChI=1S/C18H20N2O3S/c1-2-16(21)19-13-3-5-14(6-4-13)20-17(22)11-15-18-12(7-9-23-15)8-10-24-18/h3-6,8,10,15H,2,7,9,11H2,1H3,(H,19,21)(H,20,22)/t15-/m1/s1. The highest BCUT2D eigenvalue weighted by molar-refractivity contribution is 7.10. The first-order valence-corrected chi connectivity index (χ1v) is 8.91. The number of hydrogen-bond acceptors (Lipinski definition) is 4. The van der Waals surface area contributed by atoms with Gasteiger partial charge in [-0.05, 0) is 47.7 Å². The summed E-state index contributed by atoms with van der Waals surface area (Å²) in [4.78, 5) is 24.8. The van der Waals surface area contributed by atoms with Crippen LogP contribution in [0.1, 0.15) is 36.3 Å². The van der Waals surface area contributed by atoms with Crippen LogP contribution in [0.15, 0.2) is 35.7 Å². The third-order valence-electron chi connectivity index (χ3n) is 3.91. The van der Waals surface area contributed by atoms with Crippen LogP contribution in [0.5, 0.6) is 0 Å². The molecular weight excluding hydrogens is 324 g/mol. The highest BCUT2D eigenvalue weighted by Crippen LogP contribution is 2.34. The monoisotopic (exact) mass is 344 g/mol. The molecule has 1 aliphatic rings. The Morgan fingerprint density at radius 3 is 2.46 bits per heavy atom. The number of nitrogens with one attached hydrogen (secondary N) is 2. The summed E-state index contributed by atoms with van der Waals surface area (Å²) in [5, 5.41) is 7.70. The molecule has 1 aromatic heterocycles. The van der Waals surface area contributed by atoms with Crippen molar-refractivity contribution in [1.29, 1.82) is 0 Å². The van der Waals surface area contributed by atoms with Gasteiger partial charge in [0.05, 0.1) is 13.0 Å². The lowest BCUT2D eigenvalue weighted by Gasteiger charge is -2.22. The molecule has 0 aliphatic carbocycles. The Hall–Kier alpha value is -2.18. The fraction of sp³-hybridized carbons (Fsp3) is 0.333. The second-order valence-electron chi connectivity index (χ2n) is 5.65. The predicted molar refractivity (Wildman–Crippen MR) is 95.3 cm³/mol. The largest absolute Gasteiger partial charge is 0.372 e. The van der Waals surface area contributed by atoms with Crippen LogP contribution in [0.2, 0.25) is 0 Å². The molecule has 1 aromatic carbocycles. The van der Waals surface area contributed by atoms with Crippen molar-refractivity contribution in [2.75, 3.05) is 17.2 Å². The van der Waals surface area contributed by atoms with Gasteiger partial charge in [0.25, 0.3) is 0 Å². The first kappa shape index (κ1) is 16.7. The number of anilines is 2. The van der Waals surface area contributed by atoms with E-state index in [2.05, 4.69) is 16.7 Å². The molecule has 0 radical (unpaired) electrons. The maximum atomic E-state index is 12.3. The summed E-state index contributed by atoms with van der Waals surface area (Å²) in [6.45, 7) is 2.46. The fourth-order valence-corrected chi connectivity index (χ4v) is 3.65. The minimum atomic E-state index is -0.156. The number of rotatable bonds is 5. The average molecular weight is 344 g/mol. The average Bonchev–Trinajstić information content (AvgIpc) is 3.06. The third kappa shape index (κ3) is 4.01. The van der Waals surface area contributed by atoms with Crippen molar-refractivity contribution in [1.82, 2.24) is 0 Å². The third-order valence-corrected chi connectivity index (χ3v) is 4.96. The topological polar surface area (TPSA) is 67.4 Å². The van der Waals surface area contributed by atoms with Gasteiger partial charge in [0.15, 0.2) is 0 Å². The van der Waals surface area contributed by atoms with E-state index < -0.39 is 0 Å². The number of fused-ring (bicyclic) bond motifs is 1. The quantitative estimate of drug-likeness (QED) is 0.868. The van der Waals surface area contributed by atoms with Gasteiger partial charge in [0.2, 0.25) is 11.8 Å². The molecule has 3 rings (SSSR count). The molecule has 1 aliphatic heterocycles. The lowest BCUT2D eigenvalue weighted by atomic mass is 10.1. The second kappa shape index (κ2) is 7.59. The molecule has 126 valence electrons. The molecule has 5 nitrogen and oxygen atoms in total. The minimum absolute atomic E-state index is 0.0343. The van der Waals surface area contributed by atoms with Gasteiger partial charge in [-0.1, -0.05) is 6.92 Å². The van der Waals surface area contributed by atoms with Gasteiger partial charge >= 0.3 is 0 Å². The van der Waals surface area contributed by atoms with Crippen molar-refractivity contribution in [3.05, 3.63) is 46.2 Å². The molecule has 0 fully saturated rings. The van der Waals surface area contributed by atoms with Crippen LogP contribution in [0.3, 0.4) is 0 Å². The highest BCUT2D eigenvalue weighted by Gasteiger charge is 2.24. The van der Waals surface area contributed by atoms with E-state index in [0.29, 0.717) is 25.1 Å². The summed E-state index contributed by atoms with van der Waals surface area (Å²) < 4.78 is 5.75. The molecule has 2 heterocycles. The number of hydrogen-bond donors (Lipinski definition) is 2. The summed E-state index contributed by atoms with van der Waals surface area (Å²) in [5.74, 6) is -0.112. The van der Waals surface area contributed by atoms with Gasteiger partial charge in [-0.2, -0.15) is 0 Å². The zero-order valence-corrected chi connectivity index (χ0v) is 14.3. The van der Waals surface area contributed by atoms with Crippen LogP contribution >= 0.6 is 11.3 Å². The number of carbonyl (C=O) groups is 2. The highest BCUT2D eigenvalue weighted by atomic mass is 32.1. The molecule has 0 bridgehead atoms. The van der Waals surface area contributed by atoms with Crippen LogP contribution < -0.4 is 10.6 Å². The first-order valence-electron chi connectivity index (χ1n) is 8.03. The molecule has 0 saturated carbocycles. The molecule has 2 N–H and O–H groups in total. The van der Waals surface area contributed by atoms with E-state index in [-0.39, 0.29) is 17.9 Å². The van der Waals surface area contributed by atoms with Crippen LogP contribution in [0.25, 0.3) is 0 Å². The van der Waals surface area contributed by atoms with Gasteiger partial charge in [0, 0.05) is 22.7 Å². The van der Waals surface area contributed by atoms with Crippen molar-refractivity contribution in [3.63, 3.8) is 0 Å². The van der Waals surface area contributed by atoms with Crippen LogP contribution in [-0.2, 0) is 20.7 Å². The van der Waals surface area contributed by atoms with E-state index in [1.165, 1.54) is 5.56 Å². The fourth-order valence-electron chi connectivity index (χ4n) is 2.64. The molecule has 2 amide bonds. The van der Waals surface area contributed by atoms with Gasteiger partial charge in [-0.15, -0.1) is 11.3 Å². The van der Waals surface area contributed by atoms with Crippen molar-refractivity contribution in [2.45, 2.75) is 32.3 Å². The van der Waals surface area contributed by atoms with Crippen LogP contribution in [0.4, 0.5) is 11.4 Å². The van der Waals surface area contributed by atoms with Crippen LogP contribution in [0, 0.1) is 0 Å². The van der Waals surface area contributed by atoms with E-state index >= 15 is 0 Å². The molecule has 2 aromatic rings. The molecule has 24 heavy (non-hydrogen) atoms. The Kier molecular flexibility index (Phi) is 5.27. The van der Waals surface area contributed by atoms with Crippen LogP contribution in [-0.4, -0.2) is 18.4 Å². The van der Waals surface area contributed by atoms with E-state index in [0.717, 1.165) is 17.0 Å². The molecule has 1 atom stereocenters. The van der Waals surface area contributed by atoms with Crippen molar-refractivity contribution < 1.29 is 14.3 Å². The number of thiophene rings is 1. The maximum absolute atomic E-state index is 12.3. The molecule has 0 saturated heterocycles. The summed E-state index contributed by atoms with van der Waals surface area (Å²) in [6.07, 6.45) is 1.51. The number of ether oxygens (including phenoxy) is 1. The molecular formula is C18H20N2O3S. The Morgan fingerprint density at radius 1 is 1.12 bits per heavy atom. The van der Waals surface area contributed by atoms with Crippen molar-refractivity contribution >= 4 is 34.5 Å². The lowest BCUT2D eigenvalue weighted by molar-refractivity contribution is -0.119. The zero-order chi connectivity index (χ0) is 16.9. The molecule has 0 unspecified atom stereocenters. The first-order chi connectivity index (χ1) is 11.7. The number of benzene rings is 1. The van der Waals surface area contributed by atoms with E-state index in [1.807, 2.05) is 5.38 Å². The van der Waals surface area contributed by atoms with E-state index in [1.54, 1.807) is 42.5 Å². The maximum Gasteiger partial charge on any atom is 0.227 e. The van der Waals surface area contributed by atoms with Crippen molar-refractivity contribution in [2.24, 2.45) is 0 Å². The summed E-state index contributed by atoms with van der Waals surface area (Å²) in [7, 11) is 0. The van der Waals surface area contributed by atoms with Gasteiger partial charge in [-0.25, -0.2) is 0 Å². The summed E-state index contributed by atoms with van der Waals surface area (Å²) in [6, 6.07) is 9.22. The molecule has 0 spiro atoms. The van der Waals surface area contributed by atoms with E-state index in [9.17, 15) is 9.59 Å². The van der Waals surface area contributed by atoms with Gasteiger partial charge in [-0.3, -0.25) is 9.59 Å². The van der Waals surface area contributed by atoms with E-state index in [4.69, 9.17) is 4.74 Å². The number of amides is 2. The molecule has 6 heteroatoms. The number of carbonyl (C=O) groups excluding carboxylic acids is 2. The lowest BCUT2D eigenvalue weighted by Crippen LogP contribution is -2.21. The summed E-state index contributed by atoms with van der Waals surface area (Å²) >= 11 is 1.65. The van der Waals surface area contributed by atoms with Gasteiger partial charge in [0.1, 0.15) is 6.10 Å². The predicted octanol–water partition coefficient (Wildman–Crippen LogP) is 3.74. The normalized spacial score (nSPS) is 16.3. The van der Waals surface area contributed by atoms with Crippen molar-refractivity contribution in [3.8, 4) is 0 Å². The van der Waals surface area contributed by atoms with Gasteiger partial charge < -0.3 is 15.4 Å². The zero-order valence-electron chi connectivity index (χ0n) is 13.5. The Bertz CT molecular complexity index is 724. The Morgan fingerprint density at radius 2 is 1.79 bits per heavy atom.